The molecule has 0 aliphatic carbocycles. The maximum Gasteiger partial charge on any atom is 0.272 e. The van der Waals surface area contributed by atoms with E-state index in [-0.39, 0.29) is 5.69 Å². The van der Waals surface area contributed by atoms with Crippen molar-refractivity contribution < 1.29 is 9.66 Å². The van der Waals surface area contributed by atoms with Crippen LogP contribution in [0.2, 0.25) is 5.02 Å². The predicted molar refractivity (Wildman–Crippen MR) is 86.1 cm³/mol. The Morgan fingerprint density at radius 1 is 1.24 bits per heavy atom. The molecule has 0 heterocycles. The molecule has 4 nitrogen and oxygen atoms in total. The topological polar surface area (TPSA) is 52.4 Å². The molecule has 21 heavy (non-hydrogen) atoms. The van der Waals surface area contributed by atoms with E-state index in [2.05, 4.69) is 15.9 Å². The summed E-state index contributed by atoms with van der Waals surface area (Å²) in [4.78, 5) is 10.5. The summed E-state index contributed by atoms with van der Waals surface area (Å²) in [6, 6.07) is 8.76. The fraction of sp³-hybridized carbons (Fsp3) is 0.200. The van der Waals surface area contributed by atoms with Crippen LogP contribution in [0.3, 0.4) is 0 Å². The number of hydrogen-bond donors (Lipinski definition) is 0. The first-order chi connectivity index (χ1) is 9.88. The minimum absolute atomic E-state index is 0.0986. The minimum atomic E-state index is -0.391. The molecule has 0 aromatic heterocycles. The summed E-state index contributed by atoms with van der Waals surface area (Å²) >= 11 is 9.48. The summed E-state index contributed by atoms with van der Waals surface area (Å²) in [5.74, 6) is 0.622. The Balaban J connectivity index is 2.20. The van der Waals surface area contributed by atoms with Crippen LogP contribution in [0.15, 0.2) is 34.8 Å². The van der Waals surface area contributed by atoms with Gasteiger partial charge in [-0.15, -0.1) is 0 Å². The number of rotatable bonds is 4. The van der Waals surface area contributed by atoms with Crippen molar-refractivity contribution in [1.29, 1.82) is 0 Å². The zero-order valence-corrected chi connectivity index (χ0v) is 13.9. The normalized spacial score (nSPS) is 10.5. The van der Waals surface area contributed by atoms with Gasteiger partial charge in [-0.2, -0.15) is 0 Å². The fourth-order valence-electron chi connectivity index (χ4n) is 1.92. The molecule has 0 unspecified atom stereocenters. The van der Waals surface area contributed by atoms with E-state index >= 15 is 0 Å². The summed E-state index contributed by atoms with van der Waals surface area (Å²) < 4.78 is 6.64. The zero-order valence-electron chi connectivity index (χ0n) is 11.5. The van der Waals surface area contributed by atoms with Crippen LogP contribution in [-0.2, 0) is 6.61 Å². The molecule has 0 saturated carbocycles. The van der Waals surface area contributed by atoms with Gasteiger partial charge in [-0.05, 0) is 37.6 Å². The van der Waals surface area contributed by atoms with E-state index in [4.69, 9.17) is 16.3 Å². The van der Waals surface area contributed by atoms with Crippen molar-refractivity contribution in [3.63, 3.8) is 0 Å². The molecule has 0 atom stereocenters. The van der Waals surface area contributed by atoms with Gasteiger partial charge in [0.15, 0.2) is 0 Å². The molecule has 0 radical (unpaired) electrons. The van der Waals surface area contributed by atoms with E-state index in [9.17, 15) is 10.1 Å². The van der Waals surface area contributed by atoms with E-state index in [1.807, 2.05) is 12.1 Å². The summed E-state index contributed by atoms with van der Waals surface area (Å²) in [5, 5.41) is 11.5. The first kappa shape index (κ1) is 15.8. The molecule has 2 aromatic rings. The average molecular weight is 371 g/mol. The van der Waals surface area contributed by atoms with Gasteiger partial charge in [0, 0.05) is 26.7 Å². The number of halogens is 2. The molecule has 0 spiro atoms. The summed E-state index contributed by atoms with van der Waals surface area (Å²) in [7, 11) is 0. The Bertz CT molecular complexity index is 704. The smallest absolute Gasteiger partial charge is 0.272 e. The number of hydrogen-bond acceptors (Lipinski definition) is 3. The molecule has 0 N–H and O–H groups in total. The summed E-state index contributed by atoms with van der Waals surface area (Å²) in [6.45, 7) is 3.78. The maximum absolute atomic E-state index is 10.9. The molecule has 0 aliphatic rings. The molecule has 2 rings (SSSR count). The summed E-state index contributed by atoms with van der Waals surface area (Å²) in [6.07, 6.45) is 0. The monoisotopic (exact) mass is 369 g/mol. The zero-order chi connectivity index (χ0) is 15.6. The van der Waals surface area contributed by atoms with Gasteiger partial charge in [0.2, 0.25) is 0 Å². The molecule has 0 amide bonds. The van der Waals surface area contributed by atoms with Crippen molar-refractivity contribution in [3.05, 3.63) is 66.6 Å². The second-order valence-electron chi connectivity index (χ2n) is 4.69. The van der Waals surface area contributed by atoms with Gasteiger partial charge in [-0.25, -0.2) is 0 Å². The van der Waals surface area contributed by atoms with Crippen LogP contribution in [0.4, 0.5) is 5.69 Å². The number of benzene rings is 2. The van der Waals surface area contributed by atoms with Crippen molar-refractivity contribution in [3.8, 4) is 5.75 Å². The van der Waals surface area contributed by atoms with E-state index in [1.165, 1.54) is 6.07 Å². The Morgan fingerprint density at radius 3 is 2.57 bits per heavy atom. The van der Waals surface area contributed by atoms with Crippen LogP contribution in [-0.4, -0.2) is 4.92 Å². The Hall–Kier alpha value is -1.59. The third-order valence-corrected chi connectivity index (χ3v) is 3.93. The minimum Gasteiger partial charge on any atom is -0.489 e. The molecule has 6 heteroatoms. The first-order valence-electron chi connectivity index (χ1n) is 6.21. The lowest BCUT2D eigenvalue weighted by atomic mass is 10.1. The Labute approximate surface area is 136 Å². The lowest BCUT2D eigenvalue weighted by molar-refractivity contribution is -0.385. The van der Waals surface area contributed by atoms with E-state index in [0.29, 0.717) is 22.9 Å². The molecule has 0 fully saturated rings. The molecular weight excluding hydrogens is 358 g/mol. The van der Waals surface area contributed by atoms with E-state index in [1.54, 1.807) is 26.0 Å². The highest BCUT2D eigenvalue weighted by molar-refractivity contribution is 9.10. The third-order valence-electron chi connectivity index (χ3n) is 3.09. The Morgan fingerprint density at radius 2 is 1.95 bits per heavy atom. The first-order valence-corrected chi connectivity index (χ1v) is 7.38. The Kier molecular flexibility index (Phi) is 4.85. The number of aryl methyl sites for hydroxylation is 2. The van der Waals surface area contributed by atoms with Gasteiger partial charge < -0.3 is 4.74 Å². The second kappa shape index (κ2) is 6.45. The molecule has 2 aromatic carbocycles. The van der Waals surface area contributed by atoms with Gasteiger partial charge in [0.05, 0.1) is 4.92 Å². The standard InChI is InChI=1S/C15H13BrClNO3/c1-9-6-15(10(2)5-14(9)18(19)20)21-8-11-3-4-12(16)7-13(11)17/h3-7H,8H2,1-2H3. The molecular formula is C15H13BrClNO3. The van der Waals surface area contributed by atoms with Gasteiger partial charge in [0.25, 0.3) is 5.69 Å². The SMILES string of the molecule is Cc1cc([N+](=O)[O-])c(C)cc1OCc1ccc(Br)cc1Cl. The molecule has 110 valence electrons. The van der Waals surface area contributed by atoms with Gasteiger partial charge in [-0.1, -0.05) is 33.6 Å². The van der Waals surface area contributed by atoms with Crippen LogP contribution in [0, 0.1) is 24.0 Å². The number of nitro benzene ring substituents is 1. The third kappa shape index (κ3) is 3.74. The van der Waals surface area contributed by atoms with Gasteiger partial charge in [-0.3, -0.25) is 10.1 Å². The average Bonchev–Trinajstić information content (AvgIpc) is 2.40. The van der Waals surface area contributed by atoms with E-state index in [0.717, 1.165) is 15.6 Å². The lowest BCUT2D eigenvalue weighted by Gasteiger charge is -2.11. The largest absolute Gasteiger partial charge is 0.489 e. The van der Waals surface area contributed by atoms with Crippen molar-refractivity contribution in [2.75, 3.05) is 0 Å². The van der Waals surface area contributed by atoms with Crippen molar-refractivity contribution in [1.82, 2.24) is 0 Å². The van der Waals surface area contributed by atoms with Gasteiger partial charge in [0.1, 0.15) is 12.4 Å². The molecule has 0 aliphatic heterocycles. The number of nitro groups is 1. The highest BCUT2D eigenvalue weighted by Gasteiger charge is 2.14. The van der Waals surface area contributed by atoms with Crippen molar-refractivity contribution in [2.45, 2.75) is 20.5 Å². The quantitative estimate of drug-likeness (QED) is 0.548. The lowest BCUT2D eigenvalue weighted by Crippen LogP contribution is -2.00. The van der Waals surface area contributed by atoms with Crippen LogP contribution in [0.1, 0.15) is 16.7 Å². The molecule has 0 saturated heterocycles. The van der Waals surface area contributed by atoms with Crippen LogP contribution < -0.4 is 4.74 Å². The van der Waals surface area contributed by atoms with Crippen molar-refractivity contribution >= 4 is 33.2 Å². The molecule has 0 bridgehead atoms. The maximum atomic E-state index is 10.9. The van der Waals surface area contributed by atoms with Crippen LogP contribution in [0.5, 0.6) is 5.75 Å². The van der Waals surface area contributed by atoms with Crippen LogP contribution >= 0.6 is 27.5 Å². The van der Waals surface area contributed by atoms with Crippen molar-refractivity contribution in [2.24, 2.45) is 0 Å². The second-order valence-corrected chi connectivity index (χ2v) is 6.01. The predicted octanol–water partition coefficient (Wildman–Crippen LogP) is 5.21. The number of ether oxygens (including phenoxy) is 1. The number of nitrogens with zero attached hydrogens (tertiary/aromatic N) is 1. The highest BCUT2D eigenvalue weighted by atomic mass is 79.9. The summed E-state index contributed by atoms with van der Waals surface area (Å²) in [5.41, 5.74) is 2.25. The highest BCUT2D eigenvalue weighted by Crippen LogP contribution is 2.29. The van der Waals surface area contributed by atoms with E-state index < -0.39 is 4.92 Å². The van der Waals surface area contributed by atoms with Gasteiger partial charge >= 0.3 is 0 Å². The fourth-order valence-corrected chi connectivity index (χ4v) is 2.65. The van der Waals surface area contributed by atoms with Crippen LogP contribution in [0.25, 0.3) is 0 Å².